The van der Waals surface area contributed by atoms with E-state index in [1.54, 1.807) is 6.92 Å². The number of halogens is 3. The summed E-state index contributed by atoms with van der Waals surface area (Å²) in [6.45, 7) is 2.16. The molecule has 0 aliphatic carbocycles. The van der Waals surface area contributed by atoms with Crippen LogP contribution in [-0.2, 0) is 10.9 Å². The summed E-state index contributed by atoms with van der Waals surface area (Å²) in [5.41, 5.74) is 3.62. The van der Waals surface area contributed by atoms with Crippen LogP contribution in [0.5, 0.6) is 0 Å². The number of amides is 1. The summed E-state index contributed by atoms with van der Waals surface area (Å²) < 4.78 is 44.4. The number of benzene rings is 1. The summed E-state index contributed by atoms with van der Waals surface area (Å²) in [7, 11) is 0. The molecule has 1 amide bonds. The molecule has 1 atom stereocenters. The number of hydrogen-bond acceptors (Lipinski definition) is 3. The molecule has 0 saturated carbocycles. The Labute approximate surface area is 120 Å². The van der Waals surface area contributed by atoms with E-state index in [2.05, 4.69) is 0 Å². The molecule has 116 valence electrons. The molecule has 0 spiro atoms. The Morgan fingerprint density at radius 2 is 2.05 bits per heavy atom. The highest BCUT2D eigenvalue weighted by atomic mass is 19.4. The Hall–Kier alpha value is -1.76. The van der Waals surface area contributed by atoms with E-state index in [4.69, 9.17) is 10.5 Å². The van der Waals surface area contributed by atoms with Gasteiger partial charge in [0.05, 0.1) is 16.8 Å². The average Bonchev–Trinajstić information content (AvgIpc) is 2.72. The van der Waals surface area contributed by atoms with Crippen molar-refractivity contribution in [2.24, 2.45) is 5.73 Å². The predicted molar refractivity (Wildman–Crippen MR) is 72.0 cm³/mol. The molecule has 1 unspecified atom stereocenters. The van der Waals surface area contributed by atoms with Crippen molar-refractivity contribution in [3.05, 3.63) is 29.8 Å². The van der Waals surface area contributed by atoms with Gasteiger partial charge in [-0.2, -0.15) is 13.2 Å². The molecule has 2 rings (SSSR count). The lowest BCUT2D eigenvalue weighted by molar-refractivity contribution is -0.137. The molecule has 1 aromatic rings. The smallest absolute Gasteiger partial charge is 0.418 e. The summed E-state index contributed by atoms with van der Waals surface area (Å²) >= 11 is 0. The zero-order valence-corrected chi connectivity index (χ0v) is 11.6. The first-order valence-electron chi connectivity index (χ1n) is 6.63. The molecule has 2 N–H and O–H groups in total. The SMILES string of the molecule is CC1(CCCN)COC(=O)N1c1ccccc1C(F)(F)F. The minimum atomic E-state index is -4.53. The van der Waals surface area contributed by atoms with Crippen molar-refractivity contribution in [2.75, 3.05) is 18.1 Å². The van der Waals surface area contributed by atoms with Crippen LogP contribution in [-0.4, -0.2) is 24.8 Å². The van der Waals surface area contributed by atoms with Gasteiger partial charge in [0.2, 0.25) is 0 Å². The van der Waals surface area contributed by atoms with E-state index in [1.165, 1.54) is 18.2 Å². The number of hydrogen-bond donors (Lipinski definition) is 1. The van der Waals surface area contributed by atoms with Crippen molar-refractivity contribution >= 4 is 11.8 Å². The van der Waals surface area contributed by atoms with Gasteiger partial charge in [-0.15, -0.1) is 0 Å². The van der Waals surface area contributed by atoms with Crippen LogP contribution in [0.3, 0.4) is 0 Å². The molecule has 1 heterocycles. The molecule has 21 heavy (non-hydrogen) atoms. The van der Waals surface area contributed by atoms with Gasteiger partial charge in [0.1, 0.15) is 6.61 Å². The second-order valence-corrected chi connectivity index (χ2v) is 5.29. The van der Waals surface area contributed by atoms with Crippen molar-refractivity contribution < 1.29 is 22.7 Å². The van der Waals surface area contributed by atoms with Gasteiger partial charge in [-0.25, -0.2) is 4.79 Å². The normalized spacial score (nSPS) is 22.5. The highest BCUT2D eigenvalue weighted by molar-refractivity contribution is 5.92. The van der Waals surface area contributed by atoms with Crippen LogP contribution in [0.1, 0.15) is 25.3 Å². The molecule has 1 aliphatic heterocycles. The van der Waals surface area contributed by atoms with Gasteiger partial charge in [-0.05, 0) is 38.4 Å². The Balaban J connectivity index is 2.46. The van der Waals surface area contributed by atoms with E-state index in [-0.39, 0.29) is 12.3 Å². The van der Waals surface area contributed by atoms with E-state index in [9.17, 15) is 18.0 Å². The molecule has 4 nitrogen and oxygen atoms in total. The second-order valence-electron chi connectivity index (χ2n) is 5.29. The standard InChI is InChI=1S/C14H17F3N2O2/c1-13(7-4-8-18)9-21-12(20)19(13)11-6-3-2-5-10(11)14(15,16)17/h2-3,5-6H,4,7-9,18H2,1H3. The van der Waals surface area contributed by atoms with Crippen LogP contribution < -0.4 is 10.6 Å². The Bertz CT molecular complexity index is 533. The molecular formula is C14H17F3N2O2. The third kappa shape index (κ3) is 2.97. The minimum Gasteiger partial charge on any atom is -0.447 e. The second kappa shape index (κ2) is 5.55. The van der Waals surface area contributed by atoms with Crippen molar-refractivity contribution in [2.45, 2.75) is 31.5 Å². The van der Waals surface area contributed by atoms with Crippen LogP contribution >= 0.6 is 0 Å². The Morgan fingerprint density at radius 3 is 2.67 bits per heavy atom. The number of ether oxygens (including phenoxy) is 1. The summed E-state index contributed by atoms with van der Waals surface area (Å²) in [6, 6.07) is 5.02. The van der Waals surface area contributed by atoms with Gasteiger partial charge in [0.15, 0.2) is 0 Å². The third-order valence-corrected chi connectivity index (χ3v) is 3.60. The molecular weight excluding hydrogens is 285 g/mol. The van der Waals surface area contributed by atoms with E-state index in [0.717, 1.165) is 11.0 Å². The fourth-order valence-corrected chi connectivity index (χ4v) is 2.53. The number of alkyl halides is 3. The largest absolute Gasteiger partial charge is 0.447 e. The van der Waals surface area contributed by atoms with E-state index in [0.29, 0.717) is 19.4 Å². The maximum atomic E-state index is 13.1. The molecule has 7 heteroatoms. The quantitative estimate of drug-likeness (QED) is 0.929. The van der Waals surface area contributed by atoms with E-state index in [1.807, 2.05) is 0 Å². The number of nitrogens with two attached hydrogens (primary N) is 1. The van der Waals surface area contributed by atoms with Crippen molar-refractivity contribution in [3.8, 4) is 0 Å². The van der Waals surface area contributed by atoms with Crippen LogP contribution in [0.15, 0.2) is 24.3 Å². The fourth-order valence-electron chi connectivity index (χ4n) is 2.53. The summed E-state index contributed by atoms with van der Waals surface area (Å²) in [5.74, 6) is 0. The number of para-hydroxylation sites is 1. The molecule has 1 fully saturated rings. The maximum absolute atomic E-state index is 13.1. The predicted octanol–water partition coefficient (Wildman–Crippen LogP) is 3.16. The van der Waals surface area contributed by atoms with Crippen molar-refractivity contribution in [1.82, 2.24) is 0 Å². The van der Waals surface area contributed by atoms with Gasteiger partial charge in [0.25, 0.3) is 0 Å². The zero-order valence-electron chi connectivity index (χ0n) is 11.6. The van der Waals surface area contributed by atoms with E-state index >= 15 is 0 Å². The number of anilines is 1. The Morgan fingerprint density at radius 1 is 1.38 bits per heavy atom. The summed E-state index contributed by atoms with van der Waals surface area (Å²) in [6.07, 6.45) is -4.22. The molecule has 1 aliphatic rings. The van der Waals surface area contributed by atoms with Gasteiger partial charge >= 0.3 is 12.3 Å². The topological polar surface area (TPSA) is 55.6 Å². The first kappa shape index (κ1) is 15.6. The molecule has 1 aromatic carbocycles. The molecule has 0 aromatic heterocycles. The lowest BCUT2D eigenvalue weighted by Crippen LogP contribution is -2.46. The summed E-state index contributed by atoms with van der Waals surface area (Å²) in [4.78, 5) is 13.0. The highest BCUT2D eigenvalue weighted by Crippen LogP contribution is 2.41. The first-order chi connectivity index (χ1) is 9.79. The van der Waals surface area contributed by atoms with Crippen LogP contribution in [0, 0.1) is 0 Å². The fraction of sp³-hybridized carbons (Fsp3) is 0.500. The molecule has 1 saturated heterocycles. The van der Waals surface area contributed by atoms with Crippen LogP contribution in [0.4, 0.5) is 23.7 Å². The third-order valence-electron chi connectivity index (χ3n) is 3.60. The van der Waals surface area contributed by atoms with Gasteiger partial charge in [0, 0.05) is 0 Å². The van der Waals surface area contributed by atoms with Crippen LogP contribution in [0.2, 0.25) is 0 Å². The van der Waals surface area contributed by atoms with Crippen molar-refractivity contribution in [1.29, 1.82) is 0 Å². The lowest BCUT2D eigenvalue weighted by Gasteiger charge is -2.33. The maximum Gasteiger partial charge on any atom is 0.418 e. The van der Waals surface area contributed by atoms with Gasteiger partial charge in [-0.1, -0.05) is 12.1 Å². The van der Waals surface area contributed by atoms with Crippen LogP contribution in [0.25, 0.3) is 0 Å². The number of carbonyl (C=O) groups is 1. The number of cyclic esters (lactones) is 1. The van der Waals surface area contributed by atoms with E-state index < -0.39 is 23.4 Å². The highest BCUT2D eigenvalue weighted by Gasteiger charge is 2.47. The van der Waals surface area contributed by atoms with Crippen molar-refractivity contribution in [3.63, 3.8) is 0 Å². The van der Waals surface area contributed by atoms with Gasteiger partial charge in [-0.3, -0.25) is 4.90 Å². The molecule has 0 radical (unpaired) electrons. The zero-order chi connectivity index (χ0) is 15.7. The number of rotatable bonds is 4. The Kier molecular flexibility index (Phi) is 4.13. The molecule has 0 bridgehead atoms. The number of carbonyl (C=O) groups excluding carboxylic acids is 1. The summed E-state index contributed by atoms with van der Waals surface area (Å²) in [5, 5.41) is 0. The minimum absolute atomic E-state index is 0.0536. The number of nitrogens with zero attached hydrogens (tertiary/aromatic N) is 1. The average molecular weight is 302 g/mol. The first-order valence-corrected chi connectivity index (χ1v) is 6.63. The lowest BCUT2D eigenvalue weighted by atomic mass is 9.94. The monoisotopic (exact) mass is 302 g/mol. The van der Waals surface area contributed by atoms with Gasteiger partial charge < -0.3 is 10.5 Å².